The van der Waals surface area contributed by atoms with Crippen LogP contribution in [0.3, 0.4) is 0 Å². The third-order valence-electron chi connectivity index (χ3n) is 9.96. The highest BCUT2D eigenvalue weighted by atomic mass is 16.6. The van der Waals surface area contributed by atoms with Crippen molar-refractivity contribution in [2.45, 2.75) is 47.3 Å². The number of carbonyl (C=O) groups excluding carboxylic acids is 9. The Morgan fingerprint density at radius 3 is 0.813 bits per heavy atom. The number of hydrogen-bond donors (Lipinski definition) is 0. The van der Waals surface area contributed by atoms with Gasteiger partial charge < -0.3 is 42.6 Å². The Morgan fingerprint density at radius 2 is 0.587 bits per heavy atom. The van der Waals surface area contributed by atoms with E-state index in [1.54, 1.807) is 13.8 Å². The molecule has 75 heavy (non-hydrogen) atoms. The molecule has 0 spiro atoms. The number of rotatable bonds is 27. The molecular weight excluding hydrogens is 991 g/mol. The van der Waals surface area contributed by atoms with E-state index in [9.17, 15) is 57.5 Å². The first-order chi connectivity index (χ1) is 35.7. The first kappa shape index (κ1) is 58.4. The van der Waals surface area contributed by atoms with Gasteiger partial charge in [0.15, 0.2) is 0 Å². The quantitative estimate of drug-likeness (QED) is 0.0359. The molecule has 0 N–H and O–H groups in total. The molecule has 0 atom stereocenters. The summed E-state index contributed by atoms with van der Waals surface area (Å²) in [6, 6.07) is 16.1. The van der Waals surface area contributed by atoms with Crippen molar-refractivity contribution in [2.75, 3.05) is 59.5 Å². The highest BCUT2D eigenvalue weighted by Crippen LogP contribution is 2.15. The lowest BCUT2D eigenvalue weighted by molar-refractivity contribution is -0.148. The molecule has 0 saturated heterocycles. The lowest BCUT2D eigenvalue weighted by Gasteiger charge is -2.15. The predicted molar refractivity (Wildman–Crippen MR) is 258 cm³/mol. The molecule has 0 bridgehead atoms. The third kappa shape index (κ3) is 16.9. The summed E-state index contributed by atoms with van der Waals surface area (Å²) < 4.78 is 47.7. The van der Waals surface area contributed by atoms with E-state index in [0.717, 1.165) is 0 Å². The Bertz CT molecular complexity index is 2870. The van der Waals surface area contributed by atoms with Gasteiger partial charge in [0, 0.05) is 11.1 Å². The Balaban J connectivity index is 1.54. The average Bonchev–Trinajstić information content (AvgIpc) is 3.39. The van der Waals surface area contributed by atoms with Gasteiger partial charge in [-0.25, -0.2) is 66.4 Å². The summed E-state index contributed by atoms with van der Waals surface area (Å²) in [5, 5.41) is 0. The van der Waals surface area contributed by atoms with E-state index in [1.165, 1.54) is 86.6 Å². The van der Waals surface area contributed by atoms with E-state index in [1.807, 2.05) is 0 Å². The fourth-order valence-electron chi connectivity index (χ4n) is 6.16. The molecule has 24 nitrogen and oxygen atoms in total. The van der Waals surface area contributed by atoms with Crippen molar-refractivity contribution in [2.24, 2.45) is 5.92 Å². The summed E-state index contributed by atoms with van der Waals surface area (Å²) in [6.07, 6.45) is 0. The largest absolute Gasteiger partial charge is 0.462 e. The molecule has 3 aromatic carbocycles. The fourth-order valence-corrected chi connectivity index (χ4v) is 6.16. The van der Waals surface area contributed by atoms with Gasteiger partial charge in [0.1, 0.15) is 59.5 Å². The molecular formula is C51H53N3O21. The van der Waals surface area contributed by atoms with Gasteiger partial charge in [-0.3, -0.25) is 4.79 Å². The van der Waals surface area contributed by atoms with Crippen LogP contribution in [0.15, 0.2) is 111 Å². The van der Waals surface area contributed by atoms with E-state index < -0.39 is 116 Å². The summed E-state index contributed by atoms with van der Waals surface area (Å²) in [5.74, 6) is -8.53. The van der Waals surface area contributed by atoms with Gasteiger partial charge in [-0.05, 0) is 50.2 Å². The lowest BCUT2D eigenvalue weighted by atomic mass is 10.1. The molecule has 0 aliphatic rings. The van der Waals surface area contributed by atoms with Crippen molar-refractivity contribution in [3.63, 3.8) is 0 Å². The summed E-state index contributed by atoms with van der Waals surface area (Å²) in [4.78, 5) is 155. The smallest absolute Gasteiger partial charge is 0.339 e. The van der Waals surface area contributed by atoms with Crippen LogP contribution in [-0.2, 0) is 76.6 Å². The maximum absolute atomic E-state index is 13.9. The van der Waals surface area contributed by atoms with E-state index in [4.69, 9.17) is 42.6 Å². The molecule has 4 aromatic rings. The van der Waals surface area contributed by atoms with Gasteiger partial charge >= 0.3 is 70.8 Å². The second-order valence-corrected chi connectivity index (χ2v) is 15.9. The summed E-state index contributed by atoms with van der Waals surface area (Å²) in [7, 11) is 0. The van der Waals surface area contributed by atoms with Crippen molar-refractivity contribution >= 4 is 53.7 Å². The maximum Gasteiger partial charge on any atom is 0.339 e. The Kier molecular flexibility index (Phi) is 22.3. The molecule has 0 aliphatic carbocycles. The maximum atomic E-state index is 13.9. The summed E-state index contributed by atoms with van der Waals surface area (Å²) >= 11 is 0. The highest BCUT2D eigenvalue weighted by Gasteiger charge is 2.24. The third-order valence-corrected chi connectivity index (χ3v) is 9.96. The van der Waals surface area contributed by atoms with Gasteiger partial charge in [-0.2, -0.15) is 0 Å². The lowest BCUT2D eigenvalue weighted by Crippen LogP contribution is -2.55. The van der Waals surface area contributed by atoms with Crippen molar-refractivity contribution in [1.29, 1.82) is 0 Å². The normalized spacial score (nSPS) is 10.6. The Morgan fingerprint density at radius 1 is 0.373 bits per heavy atom. The second kappa shape index (κ2) is 28.7. The van der Waals surface area contributed by atoms with Crippen molar-refractivity contribution < 1.29 is 85.8 Å². The van der Waals surface area contributed by atoms with Crippen LogP contribution in [0, 0.1) is 5.92 Å². The van der Waals surface area contributed by atoms with E-state index >= 15 is 0 Å². The average molecular weight is 1040 g/mol. The van der Waals surface area contributed by atoms with Crippen molar-refractivity contribution in [1.82, 2.24) is 13.7 Å². The van der Waals surface area contributed by atoms with E-state index in [0.29, 0.717) is 13.7 Å². The van der Waals surface area contributed by atoms with Crippen molar-refractivity contribution in [3.05, 3.63) is 162 Å². The fraction of sp³-hybridized carbons (Fsp3) is 0.333. The number of esters is 9. The number of nitrogens with zero attached hydrogens (tertiary/aromatic N) is 3. The van der Waals surface area contributed by atoms with Crippen LogP contribution in [0.1, 0.15) is 89.8 Å². The molecule has 4 rings (SSSR count). The van der Waals surface area contributed by atoms with Crippen LogP contribution < -0.4 is 17.1 Å². The van der Waals surface area contributed by atoms with Gasteiger partial charge in [0.2, 0.25) is 0 Å². The Labute approximate surface area is 426 Å². The molecule has 0 saturated carbocycles. The van der Waals surface area contributed by atoms with Crippen molar-refractivity contribution in [3.8, 4) is 0 Å². The topological polar surface area (TPSA) is 303 Å². The molecule has 0 fully saturated rings. The zero-order valence-corrected chi connectivity index (χ0v) is 41.3. The standard InChI is InChI=1S/C51H53N3O21/c1-31(2)40(55)70-25-28-73-46(61)37-16-10-7-13-34(37)43(58)67-22-19-52-49(64)53(20-23-68-44(59)35-14-8-11-17-38(35)47(62)74-29-26-71-41(56)32(3)4)51(66)54(50(52)65)21-24-69-45(60)36-15-9-12-18-39(36)48(63)75-30-27-72-42(57)33(5)6/h7-18,33H,1,3,19-30H2,2,4-6H3. The molecule has 1 heterocycles. The number of aromatic nitrogens is 3. The Hall–Kier alpha value is -9.22. The van der Waals surface area contributed by atoms with E-state index in [2.05, 4.69) is 13.2 Å². The second-order valence-electron chi connectivity index (χ2n) is 15.9. The molecule has 0 amide bonds. The number of benzene rings is 3. The van der Waals surface area contributed by atoms with Crippen LogP contribution in [-0.4, -0.2) is 127 Å². The molecule has 1 aromatic heterocycles. The minimum Gasteiger partial charge on any atom is -0.462 e. The molecule has 0 aliphatic heterocycles. The summed E-state index contributed by atoms with van der Waals surface area (Å²) in [5.41, 5.74) is -5.06. The minimum atomic E-state index is -1.26. The SMILES string of the molecule is C=C(C)C(=O)OCCOC(=O)c1ccccc1C(=O)OCCn1c(=O)n(CCOC(=O)c2ccccc2C(=O)OCCOC(=O)C(=C)C)c(=O)n(CCOC(=O)c2ccccc2C(=O)OCCOC(=O)C(C)C)c1=O. The minimum absolute atomic E-state index is 0.122. The molecule has 398 valence electrons. The molecule has 0 unspecified atom stereocenters. The van der Waals surface area contributed by atoms with Crippen LogP contribution >= 0.6 is 0 Å². The van der Waals surface area contributed by atoms with Gasteiger partial charge in [0.25, 0.3) is 0 Å². The monoisotopic (exact) mass is 1040 g/mol. The number of carbonyl (C=O) groups is 9. The van der Waals surface area contributed by atoms with Gasteiger partial charge in [-0.15, -0.1) is 0 Å². The first-order valence-corrected chi connectivity index (χ1v) is 22.8. The zero-order valence-electron chi connectivity index (χ0n) is 41.3. The van der Waals surface area contributed by atoms with Crippen LogP contribution in [0.5, 0.6) is 0 Å². The zero-order chi connectivity index (χ0) is 55.2. The number of hydrogen-bond acceptors (Lipinski definition) is 21. The van der Waals surface area contributed by atoms with Gasteiger partial charge in [0.05, 0.1) is 58.9 Å². The number of ether oxygens (including phenoxy) is 9. The van der Waals surface area contributed by atoms with Crippen LogP contribution in [0.4, 0.5) is 0 Å². The first-order valence-electron chi connectivity index (χ1n) is 22.8. The summed E-state index contributed by atoms with van der Waals surface area (Å²) in [6.45, 7) is 6.87. The highest BCUT2D eigenvalue weighted by molar-refractivity contribution is 6.04. The van der Waals surface area contributed by atoms with Gasteiger partial charge in [-0.1, -0.05) is 63.4 Å². The molecule has 24 heteroatoms. The molecule has 0 radical (unpaired) electrons. The van der Waals surface area contributed by atoms with E-state index in [-0.39, 0.29) is 84.2 Å². The van der Waals surface area contributed by atoms with Crippen LogP contribution in [0.2, 0.25) is 0 Å². The predicted octanol–water partition coefficient (Wildman–Crippen LogP) is 2.65. The van der Waals surface area contributed by atoms with Crippen LogP contribution in [0.25, 0.3) is 0 Å².